The van der Waals surface area contributed by atoms with Crippen LogP contribution in [0.2, 0.25) is 0 Å². The molecule has 1 aromatic carbocycles. The van der Waals surface area contributed by atoms with Crippen molar-refractivity contribution in [3.63, 3.8) is 0 Å². The fraction of sp³-hybridized carbons (Fsp3) is 0.333. The molecule has 0 aliphatic rings. The molecule has 8 heteroatoms. The summed E-state index contributed by atoms with van der Waals surface area (Å²) in [7, 11) is 3.33. The van der Waals surface area contributed by atoms with Crippen LogP contribution >= 0.6 is 24.0 Å². The lowest BCUT2D eigenvalue weighted by atomic mass is 10.2. The highest BCUT2D eigenvalue weighted by atomic mass is 127. The number of halogens is 2. The molecule has 0 aliphatic heterocycles. The van der Waals surface area contributed by atoms with E-state index >= 15 is 0 Å². The van der Waals surface area contributed by atoms with Crippen LogP contribution in [0.15, 0.2) is 47.6 Å². The molecule has 1 aromatic heterocycles. The van der Waals surface area contributed by atoms with Crippen molar-refractivity contribution >= 4 is 29.9 Å². The van der Waals surface area contributed by atoms with Gasteiger partial charge < -0.3 is 20.1 Å². The lowest BCUT2D eigenvalue weighted by Crippen LogP contribution is -2.36. The van der Waals surface area contributed by atoms with Gasteiger partial charge in [-0.3, -0.25) is 4.99 Å². The lowest BCUT2D eigenvalue weighted by Gasteiger charge is -2.12. The van der Waals surface area contributed by atoms with Gasteiger partial charge in [-0.2, -0.15) is 0 Å². The molecule has 0 bridgehead atoms. The molecular weight excluding hydrogens is 450 g/mol. The van der Waals surface area contributed by atoms with Crippen LogP contribution in [0, 0.1) is 5.82 Å². The summed E-state index contributed by atoms with van der Waals surface area (Å²) in [4.78, 5) is 8.41. The molecule has 142 valence electrons. The van der Waals surface area contributed by atoms with E-state index < -0.39 is 0 Å². The number of benzene rings is 1. The third kappa shape index (κ3) is 7.96. The second kappa shape index (κ2) is 12.4. The summed E-state index contributed by atoms with van der Waals surface area (Å²) in [5, 5.41) is 6.38. The molecule has 0 saturated heterocycles. The molecule has 2 N–H and O–H groups in total. The van der Waals surface area contributed by atoms with Crippen molar-refractivity contribution in [1.29, 1.82) is 0 Å². The van der Waals surface area contributed by atoms with E-state index in [0.717, 1.165) is 11.1 Å². The fourth-order valence-corrected chi connectivity index (χ4v) is 2.02. The summed E-state index contributed by atoms with van der Waals surface area (Å²) in [6.45, 7) is 2.14. The predicted octanol–water partition coefficient (Wildman–Crippen LogP) is 2.73. The Bertz CT molecular complexity index is 666. The summed E-state index contributed by atoms with van der Waals surface area (Å²) in [5.74, 6) is 0.984. The second-order valence-corrected chi connectivity index (χ2v) is 5.25. The van der Waals surface area contributed by atoms with Gasteiger partial charge >= 0.3 is 0 Å². The van der Waals surface area contributed by atoms with Crippen molar-refractivity contribution in [2.75, 3.05) is 27.4 Å². The van der Waals surface area contributed by atoms with Crippen LogP contribution in [0.5, 0.6) is 5.88 Å². The van der Waals surface area contributed by atoms with Gasteiger partial charge in [0.1, 0.15) is 12.4 Å². The van der Waals surface area contributed by atoms with Crippen LogP contribution < -0.4 is 15.4 Å². The second-order valence-electron chi connectivity index (χ2n) is 5.25. The van der Waals surface area contributed by atoms with Crippen molar-refractivity contribution in [2.45, 2.75) is 13.1 Å². The van der Waals surface area contributed by atoms with Gasteiger partial charge in [-0.15, -0.1) is 24.0 Å². The molecule has 0 fully saturated rings. The van der Waals surface area contributed by atoms with Crippen molar-refractivity contribution in [2.24, 2.45) is 4.99 Å². The first-order valence-corrected chi connectivity index (χ1v) is 7.97. The summed E-state index contributed by atoms with van der Waals surface area (Å²) < 4.78 is 23.2. The Kier molecular flexibility index (Phi) is 10.6. The molecule has 0 amide bonds. The minimum absolute atomic E-state index is 0. The van der Waals surface area contributed by atoms with E-state index in [2.05, 4.69) is 20.6 Å². The molecule has 26 heavy (non-hydrogen) atoms. The number of aliphatic imine (C=N–C) groups is 1. The maximum Gasteiger partial charge on any atom is 0.213 e. The highest BCUT2D eigenvalue weighted by Gasteiger charge is 2.01. The average molecular weight is 474 g/mol. The molecule has 0 saturated carbocycles. The van der Waals surface area contributed by atoms with Gasteiger partial charge in [-0.25, -0.2) is 9.37 Å². The van der Waals surface area contributed by atoms with E-state index in [4.69, 9.17) is 9.47 Å². The molecule has 0 radical (unpaired) electrons. The monoisotopic (exact) mass is 474 g/mol. The van der Waals surface area contributed by atoms with Crippen molar-refractivity contribution in [1.82, 2.24) is 15.6 Å². The van der Waals surface area contributed by atoms with Crippen LogP contribution in [-0.2, 0) is 17.8 Å². The highest BCUT2D eigenvalue weighted by Crippen LogP contribution is 2.07. The quantitative estimate of drug-likeness (QED) is 0.267. The summed E-state index contributed by atoms with van der Waals surface area (Å²) in [6.07, 6.45) is 1.75. The Balaban J connectivity index is 0.00000338. The van der Waals surface area contributed by atoms with Crippen LogP contribution in [0.25, 0.3) is 0 Å². The van der Waals surface area contributed by atoms with Crippen molar-refractivity contribution in [3.05, 3.63) is 59.5 Å². The smallest absolute Gasteiger partial charge is 0.213 e. The number of ether oxygens (including phenoxy) is 2. The molecule has 2 aromatic rings. The Morgan fingerprint density at radius 1 is 1.04 bits per heavy atom. The number of rotatable bonds is 8. The zero-order chi connectivity index (χ0) is 17.9. The first-order chi connectivity index (χ1) is 12.2. The number of hydrogen-bond acceptors (Lipinski definition) is 4. The maximum absolute atomic E-state index is 12.9. The number of guanidine groups is 1. The van der Waals surface area contributed by atoms with Crippen molar-refractivity contribution in [3.8, 4) is 5.88 Å². The van der Waals surface area contributed by atoms with Crippen LogP contribution in [0.4, 0.5) is 4.39 Å². The van der Waals surface area contributed by atoms with E-state index in [1.807, 2.05) is 12.1 Å². The Morgan fingerprint density at radius 3 is 2.27 bits per heavy atom. The van der Waals surface area contributed by atoms with Gasteiger partial charge in [0.2, 0.25) is 5.88 Å². The summed E-state index contributed by atoms with van der Waals surface area (Å²) in [6, 6.07) is 10.1. The zero-order valence-electron chi connectivity index (χ0n) is 14.9. The lowest BCUT2D eigenvalue weighted by molar-refractivity contribution is 0.143. The number of methoxy groups -OCH3 is 1. The molecular formula is C18H24FIN4O2. The minimum Gasteiger partial charge on any atom is -0.475 e. The molecule has 6 nitrogen and oxygen atoms in total. The van der Waals surface area contributed by atoms with E-state index in [0.29, 0.717) is 38.1 Å². The summed E-state index contributed by atoms with van der Waals surface area (Å²) >= 11 is 0. The third-order valence-corrected chi connectivity index (χ3v) is 3.39. The van der Waals surface area contributed by atoms with Gasteiger partial charge in [0.15, 0.2) is 5.96 Å². The van der Waals surface area contributed by atoms with Crippen molar-refractivity contribution < 1.29 is 13.9 Å². The van der Waals surface area contributed by atoms with E-state index in [1.54, 1.807) is 32.5 Å². The Labute approximate surface area is 170 Å². The van der Waals surface area contributed by atoms with E-state index in [9.17, 15) is 4.39 Å². The molecule has 0 atom stereocenters. The predicted molar refractivity (Wildman–Crippen MR) is 110 cm³/mol. The number of nitrogens with one attached hydrogen (secondary N) is 2. The number of hydrogen-bond donors (Lipinski definition) is 2. The topological polar surface area (TPSA) is 67.8 Å². The van der Waals surface area contributed by atoms with Crippen LogP contribution in [0.1, 0.15) is 11.1 Å². The molecule has 0 unspecified atom stereocenters. The number of nitrogens with zero attached hydrogens (tertiary/aromatic N) is 2. The third-order valence-electron chi connectivity index (χ3n) is 3.39. The summed E-state index contributed by atoms with van der Waals surface area (Å²) in [5.41, 5.74) is 1.98. The number of pyridine rings is 1. The van der Waals surface area contributed by atoms with E-state index in [-0.39, 0.29) is 29.8 Å². The first kappa shape index (κ1) is 22.1. The zero-order valence-corrected chi connectivity index (χ0v) is 17.2. The van der Waals surface area contributed by atoms with Gasteiger partial charge in [0, 0.05) is 39.5 Å². The number of aromatic nitrogens is 1. The molecule has 1 heterocycles. The minimum atomic E-state index is -0.242. The largest absolute Gasteiger partial charge is 0.475 e. The standard InChI is InChI=1S/C18H23FN4O2.HI/c1-20-18(22-11-14-3-6-16(19)7-4-14)23-13-15-5-8-17(21-12-15)25-10-9-24-2;/h3-8,12H,9-11,13H2,1-2H3,(H2,20,22,23);1H. The SMILES string of the molecule is CN=C(NCc1ccc(F)cc1)NCc1ccc(OCCOC)nc1.I. The molecule has 2 rings (SSSR count). The maximum atomic E-state index is 12.9. The van der Waals surface area contributed by atoms with Gasteiger partial charge in [0.25, 0.3) is 0 Å². The van der Waals surface area contributed by atoms with Gasteiger partial charge in [0.05, 0.1) is 6.61 Å². The molecule has 0 spiro atoms. The van der Waals surface area contributed by atoms with Gasteiger partial charge in [-0.05, 0) is 23.3 Å². The van der Waals surface area contributed by atoms with Crippen LogP contribution in [0.3, 0.4) is 0 Å². The Hall–Kier alpha value is -1.94. The van der Waals surface area contributed by atoms with Crippen LogP contribution in [-0.4, -0.2) is 38.3 Å². The highest BCUT2D eigenvalue weighted by molar-refractivity contribution is 14.0. The molecule has 0 aliphatic carbocycles. The fourth-order valence-electron chi connectivity index (χ4n) is 2.02. The van der Waals surface area contributed by atoms with E-state index in [1.165, 1.54) is 12.1 Å². The average Bonchev–Trinajstić information content (AvgIpc) is 2.64. The van der Waals surface area contributed by atoms with Gasteiger partial charge in [-0.1, -0.05) is 18.2 Å². The first-order valence-electron chi connectivity index (χ1n) is 7.97. The Morgan fingerprint density at radius 2 is 1.69 bits per heavy atom. The normalized spacial score (nSPS) is 10.8.